The number of carbonyl (C=O) groups excluding carboxylic acids is 1. The van der Waals surface area contributed by atoms with Gasteiger partial charge in [0, 0.05) is 6.54 Å². The zero-order chi connectivity index (χ0) is 8.15. The Morgan fingerprint density at radius 1 is 1.50 bits per heavy atom. The fraction of sp³-hybridized carbons (Fsp3) is 0.800. The molecule has 0 spiro atoms. The van der Waals surface area contributed by atoms with Crippen LogP contribution in [0.5, 0.6) is 0 Å². The standard InChI is InChI=1S/C5H14N2OP2/c1-6(9)3-5(4-8)7(2)10/h4-5H,3,9-10H2,1-2H3. The molecule has 0 aliphatic heterocycles. The molecule has 0 saturated heterocycles. The lowest BCUT2D eigenvalue weighted by Crippen LogP contribution is -2.33. The van der Waals surface area contributed by atoms with Crippen molar-refractivity contribution in [3.05, 3.63) is 0 Å². The molecular weight excluding hydrogens is 166 g/mol. The first-order chi connectivity index (χ1) is 4.57. The van der Waals surface area contributed by atoms with Gasteiger partial charge in [-0.25, -0.2) is 0 Å². The van der Waals surface area contributed by atoms with E-state index in [1.54, 1.807) is 0 Å². The zero-order valence-electron chi connectivity index (χ0n) is 6.32. The minimum Gasteiger partial charge on any atom is -0.302 e. The first kappa shape index (κ1) is 10.4. The molecule has 0 rings (SSSR count). The summed E-state index contributed by atoms with van der Waals surface area (Å²) in [7, 11) is 8.76. The lowest BCUT2D eigenvalue weighted by atomic mass is 10.3. The van der Waals surface area contributed by atoms with Crippen LogP contribution in [0.1, 0.15) is 0 Å². The lowest BCUT2D eigenvalue weighted by molar-refractivity contribution is -0.110. The second-order valence-corrected chi connectivity index (χ2v) is 4.00. The van der Waals surface area contributed by atoms with Crippen LogP contribution < -0.4 is 0 Å². The van der Waals surface area contributed by atoms with Gasteiger partial charge in [-0.2, -0.15) is 0 Å². The molecule has 3 unspecified atom stereocenters. The highest BCUT2D eigenvalue weighted by Crippen LogP contribution is 2.03. The third-order valence-corrected chi connectivity index (χ3v) is 1.75. The molecule has 5 heteroatoms. The van der Waals surface area contributed by atoms with E-state index >= 15 is 0 Å². The molecule has 0 radical (unpaired) electrons. The van der Waals surface area contributed by atoms with Gasteiger partial charge in [0.25, 0.3) is 0 Å². The molecule has 0 fully saturated rings. The van der Waals surface area contributed by atoms with Crippen molar-refractivity contribution in [3.63, 3.8) is 0 Å². The Hall–Kier alpha value is 0.450. The van der Waals surface area contributed by atoms with Gasteiger partial charge >= 0.3 is 0 Å². The number of nitrogens with zero attached hydrogens (tertiary/aromatic N) is 2. The molecule has 3 nitrogen and oxygen atoms in total. The van der Waals surface area contributed by atoms with E-state index in [2.05, 4.69) is 18.8 Å². The molecule has 0 aliphatic rings. The van der Waals surface area contributed by atoms with Gasteiger partial charge in [0.2, 0.25) is 0 Å². The minimum atomic E-state index is -0.0347. The van der Waals surface area contributed by atoms with Crippen LogP contribution in [0.25, 0.3) is 0 Å². The maximum absolute atomic E-state index is 10.4. The number of hydrogen-bond acceptors (Lipinski definition) is 3. The Bertz CT molecular complexity index is 108. The van der Waals surface area contributed by atoms with Gasteiger partial charge in [0.15, 0.2) is 0 Å². The van der Waals surface area contributed by atoms with Crippen LogP contribution in [0.15, 0.2) is 0 Å². The molecule has 0 aromatic carbocycles. The fourth-order valence-corrected chi connectivity index (χ4v) is 0.943. The summed E-state index contributed by atoms with van der Waals surface area (Å²) >= 11 is 0. The van der Waals surface area contributed by atoms with E-state index in [4.69, 9.17) is 0 Å². The van der Waals surface area contributed by atoms with E-state index in [1.807, 2.05) is 23.4 Å². The summed E-state index contributed by atoms with van der Waals surface area (Å²) in [5.41, 5.74) is 0. The van der Waals surface area contributed by atoms with Gasteiger partial charge in [-0.3, -0.25) is 9.34 Å². The Kier molecular flexibility index (Phi) is 5.38. The largest absolute Gasteiger partial charge is 0.302 e. The van der Waals surface area contributed by atoms with Crippen molar-refractivity contribution in [2.75, 3.05) is 20.6 Å². The third kappa shape index (κ3) is 4.29. The number of carbonyl (C=O) groups is 1. The van der Waals surface area contributed by atoms with E-state index in [0.717, 1.165) is 12.8 Å². The molecule has 60 valence electrons. The smallest absolute Gasteiger partial charge is 0.138 e. The van der Waals surface area contributed by atoms with E-state index < -0.39 is 0 Å². The predicted octanol–water partition coefficient (Wildman–Crippen LogP) is -0.00230. The van der Waals surface area contributed by atoms with E-state index in [-0.39, 0.29) is 6.04 Å². The number of hydrogen-bond donors (Lipinski definition) is 0. The summed E-state index contributed by atoms with van der Waals surface area (Å²) in [5.74, 6) is 0. The molecule has 0 heterocycles. The van der Waals surface area contributed by atoms with Crippen LogP contribution >= 0.6 is 18.8 Å². The normalized spacial score (nSPS) is 14.2. The van der Waals surface area contributed by atoms with Gasteiger partial charge in [-0.15, -0.1) is 0 Å². The Labute approximate surface area is 66.7 Å². The molecule has 0 amide bonds. The number of aldehydes is 1. The Balaban J connectivity index is 3.71. The molecule has 0 aromatic rings. The van der Waals surface area contributed by atoms with Crippen molar-refractivity contribution in [1.82, 2.24) is 9.34 Å². The van der Waals surface area contributed by atoms with Gasteiger partial charge in [-0.1, -0.05) is 18.8 Å². The highest BCUT2D eigenvalue weighted by Gasteiger charge is 2.09. The van der Waals surface area contributed by atoms with E-state index in [0.29, 0.717) is 0 Å². The Morgan fingerprint density at radius 2 is 2.00 bits per heavy atom. The molecule has 0 bridgehead atoms. The van der Waals surface area contributed by atoms with Crippen molar-refractivity contribution in [1.29, 1.82) is 0 Å². The van der Waals surface area contributed by atoms with Crippen molar-refractivity contribution in [2.24, 2.45) is 0 Å². The summed E-state index contributed by atoms with van der Waals surface area (Å²) in [6.07, 6.45) is 0.938. The SMILES string of the molecule is CN(P)CC(C=O)N(C)P. The van der Waals surface area contributed by atoms with E-state index in [1.165, 1.54) is 0 Å². The van der Waals surface area contributed by atoms with Crippen molar-refractivity contribution < 1.29 is 4.79 Å². The van der Waals surface area contributed by atoms with Crippen LogP contribution in [-0.4, -0.2) is 42.3 Å². The molecule has 10 heavy (non-hydrogen) atoms. The minimum absolute atomic E-state index is 0.0347. The topological polar surface area (TPSA) is 23.6 Å². The van der Waals surface area contributed by atoms with Crippen LogP contribution in [0, 0.1) is 0 Å². The summed E-state index contributed by atoms with van der Waals surface area (Å²) in [5, 5.41) is 0. The zero-order valence-corrected chi connectivity index (χ0v) is 8.63. The summed E-state index contributed by atoms with van der Waals surface area (Å²) in [6.45, 7) is 0.730. The van der Waals surface area contributed by atoms with Crippen LogP contribution in [0.2, 0.25) is 0 Å². The lowest BCUT2D eigenvalue weighted by Gasteiger charge is -2.21. The summed E-state index contributed by atoms with van der Waals surface area (Å²) < 4.78 is 3.72. The predicted molar refractivity (Wildman–Crippen MR) is 49.7 cm³/mol. The van der Waals surface area contributed by atoms with Gasteiger partial charge < -0.3 is 4.79 Å². The molecule has 0 aliphatic carbocycles. The van der Waals surface area contributed by atoms with Crippen LogP contribution in [0.3, 0.4) is 0 Å². The van der Waals surface area contributed by atoms with Gasteiger partial charge in [-0.05, 0) is 14.1 Å². The monoisotopic (exact) mass is 180 g/mol. The maximum atomic E-state index is 10.4. The second-order valence-electron chi connectivity index (χ2n) is 2.31. The Morgan fingerprint density at radius 3 is 2.10 bits per heavy atom. The molecule has 3 atom stereocenters. The third-order valence-electron chi connectivity index (χ3n) is 1.16. The summed E-state index contributed by atoms with van der Waals surface area (Å²) in [6, 6.07) is -0.0347. The summed E-state index contributed by atoms with van der Waals surface area (Å²) in [4.78, 5) is 10.4. The highest BCUT2D eigenvalue weighted by atomic mass is 31.0. The highest BCUT2D eigenvalue weighted by molar-refractivity contribution is 7.13. The second kappa shape index (κ2) is 5.15. The molecule has 0 N–H and O–H groups in total. The van der Waals surface area contributed by atoms with E-state index in [9.17, 15) is 4.79 Å². The molecular formula is C5H14N2OP2. The van der Waals surface area contributed by atoms with Gasteiger partial charge in [0.05, 0.1) is 6.04 Å². The molecule has 0 aromatic heterocycles. The number of likely N-dealkylation sites (N-methyl/N-ethyl adjacent to an activating group) is 2. The fourth-order valence-electron chi connectivity index (χ4n) is 0.563. The number of rotatable bonds is 4. The molecule has 0 saturated carbocycles. The van der Waals surface area contributed by atoms with Crippen molar-refractivity contribution >= 4 is 25.1 Å². The van der Waals surface area contributed by atoms with Crippen molar-refractivity contribution in [3.8, 4) is 0 Å². The first-order valence-electron chi connectivity index (χ1n) is 2.96. The first-order valence-corrected chi connectivity index (χ1v) is 4.00. The average molecular weight is 180 g/mol. The van der Waals surface area contributed by atoms with Crippen LogP contribution in [0.4, 0.5) is 0 Å². The quantitative estimate of drug-likeness (QED) is 0.449. The average Bonchev–Trinajstić information content (AvgIpc) is 1.81. The maximum Gasteiger partial charge on any atom is 0.138 e. The van der Waals surface area contributed by atoms with Crippen LogP contribution in [-0.2, 0) is 4.79 Å². The van der Waals surface area contributed by atoms with Gasteiger partial charge in [0.1, 0.15) is 6.29 Å². The van der Waals surface area contributed by atoms with Crippen molar-refractivity contribution in [2.45, 2.75) is 6.04 Å².